The Bertz CT molecular complexity index is 739. The summed E-state index contributed by atoms with van der Waals surface area (Å²) in [4.78, 5) is -0.361. The Morgan fingerprint density at radius 1 is 1.04 bits per heavy atom. The molecule has 0 bridgehead atoms. The number of ether oxygens (including phenoxy) is 1. The average Bonchev–Trinajstić information content (AvgIpc) is 2.53. The smallest absolute Gasteiger partial charge is 0.387 e. The summed E-state index contributed by atoms with van der Waals surface area (Å²) in [6.45, 7) is -3.19. The van der Waals surface area contributed by atoms with E-state index in [1.54, 1.807) is 24.3 Å². The molecular formula is C15H16F2N2O3S. The number of nitrogens with one attached hydrogen (secondary N) is 1. The lowest BCUT2D eigenvalue weighted by Gasteiger charge is -2.15. The third kappa shape index (κ3) is 4.72. The maximum Gasteiger partial charge on any atom is 0.387 e. The van der Waals surface area contributed by atoms with E-state index >= 15 is 0 Å². The summed E-state index contributed by atoms with van der Waals surface area (Å²) in [6.07, 6.45) is 0. The van der Waals surface area contributed by atoms with Crippen LogP contribution in [0, 0.1) is 0 Å². The molecule has 0 spiro atoms. The first-order valence-corrected chi connectivity index (χ1v) is 8.22. The zero-order chi connectivity index (χ0) is 16.9. The van der Waals surface area contributed by atoms with Gasteiger partial charge in [0.2, 0.25) is 10.0 Å². The molecular weight excluding hydrogens is 326 g/mol. The molecule has 0 radical (unpaired) electrons. The molecule has 0 aliphatic carbocycles. The number of rotatable bonds is 7. The minimum absolute atomic E-state index is 0.0740. The van der Waals surface area contributed by atoms with Crippen LogP contribution in [0.5, 0.6) is 5.75 Å². The monoisotopic (exact) mass is 342 g/mol. The summed E-state index contributed by atoms with van der Waals surface area (Å²) in [5.41, 5.74) is 6.68. The number of hydrogen-bond donors (Lipinski definition) is 2. The van der Waals surface area contributed by atoms with Gasteiger partial charge in [0.05, 0.1) is 0 Å². The predicted molar refractivity (Wildman–Crippen MR) is 81.6 cm³/mol. The van der Waals surface area contributed by atoms with Crippen molar-refractivity contribution >= 4 is 10.0 Å². The van der Waals surface area contributed by atoms with Gasteiger partial charge in [0.15, 0.2) is 0 Å². The second-order valence-corrected chi connectivity index (χ2v) is 6.43. The molecule has 1 unspecified atom stereocenters. The fourth-order valence-corrected chi connectivity index (χ4v) is 3.15. The highest BCUT2D eigenvalue weighted by atomic mass is 32.2. The van der Waals surface area contributed by atoms with E-state index in [0.29, 0.717) is 0 Å². The SMILES string of the molecule is NC(CNS(=O)(=O)c1ccccc1OC(F)F)c1ccccc1. The van der Waals surface area contributed by atoms with Crippen LogP contribution in [-0.4, -0.2) is 21.6 Å². The Balaban J connectivity index is 2.13. The number of alkyl halides is 2. The molecule has 0 heterocycles. The summed E-state index contributed by atoms with van der Waals surface area (Å²) < 4.78 is 55.8. The number of halogens is 2. The molecule has 2 rings (SSSR count). The first kappa shape index (κ1) is 17.3. The van der Waals surface area contributed by atoms with Crippen molar-refractivity contribution in [1.82, 2.24) is 4.72 Å². The van der Waals surface area contributed by atoms with Gasteiger partial charge in [0.25, 0.3) is 0 Å². The van der Waals surface area contributed by atoms with Crippen molar-refractivity contribution in [1.29, 1.82) is 0 Å². The fourth-order valence-electron chi connectivity index (χ4n) is 1.96. The van der Waals surface area contributed by atoms with Gasteiger partial charge in [-0.05, 0) is 17.7 Å². The van der Waals surface area contributed by atoms with Crippen LogP contribution in [0.4, 0.5) is 8.78 Å². The van der Waals surface area contributed by atoms with E-state index in [-0.39, 0.29) is 11.4 Å². The van der Waals surface area contributed by atoms with Gasteiger partial charge >= 0.3 is 6.61 Å². The molecule has 1 atom stereocenters. The van der Waals surface area contributed by atoms with E-state index in [1.165, 1.54) is 18.2 Å². The largest absolute Gasteiger partial charge is 0.433 e. The highest BCUT2D eigenvalue weighted by Gasteiger charge is 2.22. The van der Waals surface area contributed by atoms with E-state index in [2.05, 4.69) is 9.46 Å². The number of sulfonamides is 1. The molecule has 2 aromatic carbocycles. The quantitative estimate of drug-likeness (QED) is 0.809. The fraction of sp³-hybridized carbons (Fsp3) is 0.200. The Kier molecular flexibility index (Phi) is 5.64. The highest BCUT2D eigenvalue weighted by molar-refractivity contribution is 7.89. The lowest BCUT2D eigenvalue weighted by atomic mass is 10.1. The number of para-hydroxylation sites is 1. The Morgan fingerprint density at radius 2 is 1.65 bits per heavy atom. The molecule has 8 heteroatoms. The van der Waals surface area contributed by atoms with Crippen molar-refractivity contribution in [2.45, 2.75) is 17.5 Å². The van der Waals surface area contributed by atoms with Crippen molar-refractivity contribution < 1.29 is 21.9 Å². The van der Waals surface area contributed by atoms with Crippen LogP contribution in [0.15, 0.2) is 59.5 Å². The van der Waals surface area contributed by atoms with Gasteiger partial charge < -0.3 is 10.5 Å². The summed E-state index contributed by atoms with van der Waals surface area (Å²) in [7, 11) is -4.03. The van der Waals surface area contributed by atoms with Crippen LogP contribution in [0.3, 0.4) is 0 Å². The molecule has 0 amide bonds. The maximum absolute atomic E-state index is 12.4. The molecule has 0 saturated heterocycles. The molecule has 2 aromatic rings. The van der Waals surface area contributed by atoms with Gasteiger partial charge in [-0.25, -0.2) is 13.1 Å². The predicted octanol–water partition coefficient (Wildman–Crippen LogP) is 2.27. The van der Waals surface area contributed by atoms with Crippen LogP contribution < -0.4 is 15.2 Å². The lowest BCUT2D eigenvalue weighted by molar-refractivity contribution is -0.0517. The van der Waals surface area contributed by atoms with Crippen LogP contribution in [0.2, 0.25) is 0 Å². The van der Waals surface area contributed by atoms with Gasteiger partial charge in [-0.15, -0.1) is 0 Å². The Morgan fingerprint density at radius 3 is 2.30 bits per heavy atom. The summed E-state index contributed by atoms with van der Waals surface area (Å²) >= 11 is 0. The van der Waals surface area contributed by atoms with Crippen molar-refractivity contribution in [2.75, 3.05) is 6.54 Å². The van der Waals surface area contributed by atoms with Crippen molar-refractivity contribution in [3.05, 3.63) is 60.2 Å². The van der Waals surface area contributed by atoms with E-state index in [4.69, 9.17) is 5.73 Å². The van der Waals surface area contributed by atoms with Crippen molar-refractivity contribution in [3.8, 4) is 5.75 Å². The van der Waals surface area contributed by atoms with Crippen molar-refractivity contribution in [2.24, 2.45) is 5.73 Å². The van der Waals surface area contributed by atoms with Crippen LogP contribution in [-0.2, 0) is 10.0 Å². The van der Waals surface area contributed by atoms with Gasteiger partial charge in [-0.2, -0.15) is 8.78 Å². The average molecular weight is 342 g/mol. The van der Waals surface area contributed by atoms with Crippen LogP contribution in [0.1, 0.15) is 11.6 Å². The first-order chi connectivity index (χ1) is 10.9. The van der Waals surface area contributed by atoms with Gasteiger partial charge in [-0.1, -0.05) is 42.5 Å². The Labute approximate surface area is 133 Å². The molecule has 23 heavy (non-hydrogen) atoms. The topological polar surface area (TPSA) is 81.4 Å². The summed E-state index contributed by atoms with van der Waals surface area (Å²) in [5.74, 6) is -0.414. The molecule has 0 aliphatic heterocycles. The maximum atomic E-state index is 12.4. The standard InChI is InChI=1S/C15H16F2N2O3S/c16-15(17)22-13-8-4-5-9-14(13)23(20,21)19-10-12(18)11-6-2-1-3-7-11/h1-9,12,15,19H,10,18H2. The Hall–Kier alpha value is -2.03. The highest BCUT2D eigenvalue weighted by Crippen LogP contribution is 2.25. The molecule has 0 aromatic heterocycles. The molecule has 0 aliphatic rings. The zero-order valence-electron chi connectivity index (χ0n) is 12.0. The third-order valence-electron chi connectivity index (χ3n) is 3.08. The van der Waals surface area contributed by atoms with Gasteiger partial charge in [-0.3, -0.25) is 0 Å². The van der Waals surface area contributed by atoms with Gasteiger partial charge in [0, 0.05) is 12.6 Å². The third-order valence-corrected chi connectivity index (χ3v) is 4.54. The second-order valence-electron chi connectivity index (χ2n) is 4.69. The van der Waals surface area contributed by atoms with Gasteiger partial charge in [0.1, 0.15) is 10.6 Å². The van der Waals surface area contributed by atoms with Crippen LogP contribution >= 0.6 is 0 Å². The number of hydrogen-bond acceptors (Lipinski definition) is 4. The van der Waals surface area contributed by atoms with E-state index in [1.807, 2.05) is 6.07 Å². The summed E-state index contributed by atoms with van der Waals surface area (Å²) in [5, 5.41) is 0. The molecule has 0 fully saturated rings. The molecule has 3 N–H and O–H groups in total. The normalized spacial score (nSPS) is 13.0. The van der Waals surface area contributed by atoms with Crippen molar-refractivity contribution in [3.63, 3.8) is 0 Å². The minimum Gasteiger partial charge on any atom is -0.433 e. The first-order valence-electron chi connectivity index (χ1n) is 6.74. The van der Waals surface area contributed by atoms with E-state index in [9.17, 15) is 17.2 Å². The summed E-state index contributed by atoms with van der Waals surface area (Å²) in [6, 6.07) is 13.6. The molecule has 0 saturated carbocycles. The zero-order valence-corrected chi connectivity index (χ0v) is 12.8. The lowest BCUT2D eigenvalue weighted by Crippen LogP contribution is -2.32. The van der Waals surface area contributed by atoms with E-state index < -0.39 is 28.4 Å². The number of benzene rings is 2. The second kappa shape index (κ2) is 7.49. The van der Waals surface area contributed by atoms with Crippen LogP contribution in [0.25, 0.3) is 0 Å². The molecule has 5 nitrogen and oxygen atoms in total. The molecule has 124 valence electrons. The minimum atomic E-state index is -4.03. The number of nitrogens with two attached hydrogens (primary N) is 1. The van der Waals surface area contributed by atoms with E-state index in [0.717, 1.165) is 11.6 Å².